The number of hydrogen-bond donors (Lipinski definition) is 3. The molecular weight excluding hydrogens is 428 g/mol. The number of ether oxygens (including phenoxy) is 2. The molecule has 3 N–H and O–H groups in total. The third-order valence-corrected chi connectivity index (χ3v) is 5.20. The van der Waals surface area contributed by atoms with Crippen molar-refractivity contribution >= 4 is 23.6 Å². The molecular formula is C23H34N4O6. The lowest BCUT2D eigenvalue weighted by Crippen LogP contribution is -2.54. The summed E-state index contributed by atoms with van der Waals surface area (Å²) in [6.07, 6.45) is -0.324. The Morgan fingerprint density at radius 1 is 1.24 bits per heavy atom. The summed E-state index contributed by atoms with van der Waals surface area (Å²) in [5, 5.41) is 8.02. The van der Waals surface area contributed by atoms with Crippen LogP contribution >= 0.6 is 0 Å². The molecule has 10 heteroatoms. The highest BCUT2D eigenvalue weighted by Crippen LogP contribution is 2.18. The van der Waals surface area contributed by atoms with Crippen LogP contribution in [0.3, 0.4) is 0 Å². The minimum absolute atomic E-state index is 0.159. The van der Waals surface area contributed by atoms with Gasteiger partial charge in [0.1, 0.15) is 24.4 Å². The van der Waals surface area contributed by atoms with E-state index in [9.17, 15) is 19.2 Å². The summed E-state index contributed by atoms with van der Waals surface area (Å²) < 4.78 is 11.0. The first-order valence-corrected chi connectivity index (χ1v) is 11.2. The van der Waals surface area contributed by atoms with Gasteiger partial charge in [0.15, 0.2) is 0 Å². The Bertz CT molecular complexity index is 844. The molecule has 4 amide bonds. The van der Waals surface area contributed by atoms with Crippen molar-refractivity contribution in [2.24, 2.45) is 5.92 Å². The third kappa shape index (κ3) is 7.74. The zero-order chi connectivity index (χ0) is 24.4. The van der Waals surface area contributed by atoms with Gasteiger partial charge < -0.3 is 30.3 Å². The number of amides is 4. The Morgan fingerprint density at radius 3 is 2.67 bits per heavy atom. The van der Waals surface area contributed by atoms with Crippen molar-refractivity contribution in [1.82, 2.24) is 20.9 Å². The van der Waals surface area contributed by atoms with E-state index in [0.29, 0.717) is 19.0 Å². The van der Waals surface area contributed by atoms with Gasteiger partial charge in [-0.25, -0.2) is 0 Å². The predicted molar refractivity (Wildman–Crippen MR) is 122 cm³/mol. The number of carbonyl (C=O) groups excluding carboxylic acids is 4. The number of para-hydroxylation sites is 1. The fourth-order valence-corrected chi connectivity index (χ4v) is 3.31. The fourth-order valence-electron chi connectivity index (χ4n) is 3.31. The summed E-state index contributed by atoms with van der Waals surface area (Å²) in [7, 11) is 1.63. The molecule has 0 saturated heterocycles. The molecule has 0 bridgehead atoms. The van der Waals surface area contributed by atoms with Gasteiger partial charge in [0.25, 0.3) is 5.91 Å². The van der Waals surface area contributed by atoms with E-state index in [1.807, 2.05) is 20.8 Å². The first-order valence-electron chi connectivity index (χ1n) is 11.2. The third-order valence-electron chi connectivity index (χ3n) is 5.20. The molecule has 0 spiro atoms. The van der Waals surface area contributed by atoms with E-state index in [1.54, 1.807) is 31.3 Å². The van der Waals surface area contributed by atoms with Crippen LogP contribution in [0, 0.1) is 5.92 Å². The lowest BCUT2D eigenvalue weighted by molar-refractivity contribution is -0.137. The molecule has 0 aromatic heterocycles. The predicted octanol–water partition coefficient (Wildman–Crippen LogP) is 0.319. The second-order valence-corrected chi connectivity index (χ2v) is 8.11. The van der Waals surface area contributed by atoms with Crippen LogP contribution in [0.2, 0.25) is 0 Å². The first-order chi connectivity index (χ1) is 15.7. The van der Waals surface area contributed by atoms with Crippen LogP contribution in [-0.2, 0) is 19.1 Å². The van der Waals surface area contributed by atoms with Crippen molar-refractivity contribution in [3.8, 4) is 5.75 Å². The summed E-state index contributed by atoms with van der Waals surface area (Å²) >= 11 is 0. The molecule has 1 heterocycles. The maximum Gasteiger partial charge on any atom is 0.255 e. The van der Waals surface area contributed by atoms with Crippen molar-refractivity contribution in [3.63, 3.8) is 0 Å². The summed E-state index contributed by atoms with van der Waals surface area (Å²) in [4.78, 5) is 52.9. The second-order valence-electron chi connectivity index (χ2n) is 8.11. The topological polar surface area (TPSA) is 126 Å². The van der Waals surface area contributed by atoms with Crippen LogP contribution in [0.5, 0.6) is 5.75 Å². The van der Waals surface area contributed by atoms with Crippen LogP contribution in [-0.4, -0.2) is 80.6 Å². The second kappa shape index (κ2) is 12.8. The Morgan fingerprint density at radius 2 is 1.97 bits per heavy atom. The molecule has 1 aromatic carbocycles. The largest absolute Gasteiger partial charge is 0.491 e. The lowest BCUT2D eigenvalue weighted by Gasteiger charge is -2.28. The lowest BCUT2D eigenvalue weighted by atomic mass is 10.0. The van der Waals surface area contributed by atoms with Crippen LogP contribution in [0.25, 0.3) is 0 Å². The normalized spacial score (nSPS) is 20.3. The quantitative estimate of drug-likeness (QED) is 0.523. The van der Waals surface area contributed by atoms with E-state index in [0.717, 1.165) is 0 Å². The molecule has 10 nitrogen and oxygen atoms in total. The molecule has 0 fully saturated rings. The van der Waals surface area contributed by atoms with Gasteiger partial charge >= 0.3 is 0 Å². The number of hydrogen-bond acceptors (Lipinski definition) is 6. The van der Waals surface area contributed by atoms with Gasteiger partial charge in [-0.15, -0.1) is 0 Å². The molecule has 182 valence electrons. The Labute approximate surface area is 194 Å². The van der Waals surface area contributed by atoms with Crippen molar-refractivity contribution in [1.29, 1.82) is 0 Å². The molecule has 1 aliphatic heterocycles. The molecule has 1 aliphatic rings. The van der Waals surface area contributed by atoms with Gasteiger partial charge in [-0.1, -0.05) is 26.0 Å². The van der Waals surface area contributed by atoms with E-state index >= 15 is 0 Å². The van der Waals surface area contributed by atoms with Crippen molar-refractivity contribution < 1.29 is 28.7 Å². The highest BCUT2D eigenvalue weighted by Gasteiger charge is 2.31. The number of carbonyl (C=O) groups is 4. The maximum atomic E-state index is 13.0. The van der Waals surface area contributed by atoms with Gasteiger partial charge in [0, 0.05) is 20.2 Å². The molecule has 0 radical (unpaired) electrons. The number of likely N-dealkylation sites (N-methyl/N-ethyl adjacent to an activating group) is 1. The Balaban J connectivity index is 2.31. The number of nitrogens with zero attached hydrogens (tertiary/aromatic N) is 1. The molecule has 0 saturated carbocycles. The smallest absolute Gasteiger partial charge is 0.255 e. The summed E-state index contributed by atoms with van der Waals surface area (Å²) in [5.41, 5.74) is 0.233. The van der Waals surface area contributed by atoms with E-state index in [2.05, 4.69) is 16.0 Å². The molecule has 2 atom stereocenters. The van der Waals surface area contributed by atoms with Crippen LogP contribution in [0.15, 0.2) is 24.3 Å². The monoisotopic (exact) mass is 462 g/mol. The van der Waals surface area contributed by atoms with Gasteiger partial charge in [0.05, 0.1) is 25.1 Å². The van der Waals surface area contributed by atoms with Gasteiger partial charge in [0.2, 0.25) is 17.7 Å². The Kier molecular flexibility index (Phi) is 10.1. The van der Waals surface area contributed by atoms with Crippen molar-refractivity contribution in [3.05, 3.63) is 29.8 Å². The van der Waals surface area contributed by atoms with E-state index in [4.69, 9.17) is 9.47 Å². The molecule has 0 unspecified atom stereocenters. The van der Waals surface area contributed by atoms with Crippen LogP contribution < -0.4 is 20.7 Å². The minimum Gasteiger partial charge on any atom is -0.491 e. The zero-order valence-electron chi connectivity index (χ0n) is 19.7. The van der Waals surface area contributed by atoms with E-state index in [-0.39, 0.29) is 43.5 Å². The summed E-state index contributed by atoms with van der Waals surface area (Å²) in [6, 6.07) is 4.71. The average molecular weight is 463 g/mol. The highest BCUT2D eigenvalue weighted by atomic mass is 16.5. The van der Waals surface area contributed by atoms with E-state index in [1.165, 1.54) is 4.90 Å². The van der Waals surface area contributed by atoms with Crippen LogP contribution in [0.1, 0.15) is 37.6 Å². The number of rotatable bonds is 6. The maximum absolute atomic E-state index is 13.0. The number of fused-ring (bicyclic) bond motifs is 1. The molecule has 1 aromatic rings. The first kappa shape index (κ1) is 26.1. The number of benzene rings is 1. The van der Waals surface area contributed by atoms with Gasteiger partial charge in [-0.05, 0) is 25.0 Å². The standard InChI is InChI=1S/C23H34N4O6/c1-5-32-12-10-24-22(30)17-14-19(28)26-20(15(2)3)23(31)27(4)11-13-33-18-9-7-6-8-16(18)21(29)25-17/h6-9,15,17,20H,5,10-14H2,1-4H3,(H,24,30)(H,25,29)(H,26,28)/t17-,20+/m0/s1. The van der Waals surface area contributed by atoms with Gasteiger partial charge in [-0.3, -0.25) is 19.2 Å². The Hall–Kier alpha value is -3.14. The molecule has 0 aliphatic carbocycles. The highest BCUT2D eigenvalue weighted by molar-refractivity contribution is 6.01. The number of nitrogens with one attached hydrogen (secondary N) is 3. The van der Waals surface area contributed by atoms with Gasteiger partial charge in [-0.2, -0.15) is 0 Å². The molecule has 2 rings (SSSR count). The summed E-state index contributed by atoms with van der Waals surface area (Å²) in [5.74, 6) is -1.67. The zero-order valence-corrected chi connectivity index (χ0v) is 19.7. The SMILES string of the molecule is CCOCCNC(=O)[C@@H]1CC(=O)N[C@H](C(C)C)C(=O)N(C)CCOc2ccccc2C(=O)N1. The van der Waals surface area contributed by atoms with E-state index < -0.39 is 29.8 Å². The average Bonchev–Trinajstić information content (AvgIpc) is 2.78. The molecule has 33 heavy (non-hydrogen) atoms. The fraction of sp³-hybridized carbons (Fsp3) is 0.565. The van der Waals surface area contributed by atoms with Crippen molar-refractivity contribution in [2.75, 3.05) is 40.0 Å². The van der Waals surface area contributed by atoms with Crippen LogP contribution in [0.4, 0.5) is 0 Å². The van der Waals surface area contributed by atoms with Crippen molar-refractivity contribution in [2.45, 2.75) is 39.3 Å². The summed E-state index contributed by atoms with van der Waals surface area (Å²) in [6.45, 7) is 6.98. The minimum atomic E-state index is -1.14.